The number of thiol groups is 1. The summed E-state index contributed by atoms with van der Waals surface area (Å²) in [4.78, 5) is 75.2. The van der Waals surface area contributed by atoms with Crippen LogP contribution in [0.5, 0.6) is 0 Å². The molecule has 3 aliphatic rings. The van der Waals surface area contributed by atoms with Crippen LogP contribution in [0, 0.1) is 5.92 Å². The number of anilines is 2. The van der Waals surface area contributed by atoms with Crippen molar-refractivity contribution in [1.29, 1.82) is 0 Å². The van der Waals surface area contributed by atoms with Gasteiger partial charge in [0.1, 0.15) is 30.0 Å². The van der Waals surface area contributed by atoms with Crippen LogP contribution in [-0.2, 0) is 55.7 Å². The number of carbonyl (C=O) groups is 2. The number of carbonyl (C=O) groups excluding carboxylic acids is 2. The van der Waals surface area contributed by atoms with Crippen LogP contribution in [0.3, 0.4) is 0 Å². The topological polar surface area (TPSA) is 241 Å². The van der Waals surface area contributed by atoms with Crippen LogP contribution in [0.2, 0.25) is 18.1 Å². The minimum atomic E-state index is -4.29. The molecular formula is C37H47FN10O10P2S4Si. The van der Waals surface area contributed by atoms with E-state index in [9.17, 15) is 19.3 Å². The number of alkyl halides is 1. The van der Waals surface area contributed by atoms with Crippen LogP contribution in [0.15, 0.2) is 54.1 Å². The quantitative estimate of drug-likeness (QED) is 0.0657. The molecule has 1 aromatic carbocycles. The summed E-state index contributed by atoms with van der Waals surface area (Å²) >= 11 is 17.5. The number of thioether (sulfide) groups is 1. The van der Waals surface area contributed by atoms with E-state index in [0.29, 0.717) is 5.56 Å². The molecule has 4 N–H and O–H groups in total. The molecule has 0 saturated carbocycles. The highest BCUT2D eigenvalue weighted by molar-refractivity contribution is 8.60. The third-order valence-electron chi connectivity index (χ3n) is 11.5. The molecule has 20 nitrogen and oxygen atoms in total. The molecule has 28 heteroatoms. The zero-order chi connectivity index (χ0) is 46.8. The Morgan fingerprint density at radius 1 is 1.02 bits per heavy atom. The highest BCUT2D eigenvalue weighted by Crippen LogP contribution is 2.61. The smallest absolute Gasteiger partial charge is 0.325 e. The number of halogens is 1. The predicted molar refractivity (Wildman–Crippen MR) is 254 cm³/mol. The van der Waals surface area contributed by atoms with E-state index in [1.165, 1.54) is 35.3 Å². The Labute approximate surface area is 392 Å². The Morgan fingerprint density at radius 3 is 2.43 bits per heavy atom. The van der Waals surface area contributed by atoms with Gasteiger partial charge in [-0.1, -0.05) is 65.1 Å². The van der Waals surface area contributed by atoms with Crippen LogP contribution in [0.1, 0.15) is 56.6 Å². The number of hydrogen-bond donors (Lipinski definition) is 5. The van der Waals surface area contributed by atoms with Crippen LogP contribution >= 0.6 is 36.4 Å². The summed E-state index contributed by atoms with van der Waals surface area (Å²) in [5.41, 5.74) is -3.48. The standard InChI is InChI=1S/C37H47FN10O10P2S4Si/c1-18(2)31(49)45-36-44-30-24(33(51)46-36)42-17-48(30)35-27-26(58-65(6,7)37(3,4)5)21(64-35)14-54-60(62,63)57-25-20(13-53-59(52,61)56-27)55-34(22(25)38)47-16-41-23-28(39-15-40-29(23)47)43-32(50)19-11-9-8-10-12-19/h8-12,15-18,20-22,25-27,34-35H,13-14H2,1-7H3,(H,52,61)(H,62,63)(H,39,40,43,50)(H2,44,45,46,49,51)/t20-,21-,22+,25-,26-,27-,34-,35-,59?/m1/s1. The van der Waals surface area contributed by atoms with E-state index in [-0.39, 0.29) is 51.6 Å². The Kier molecular flexibility index (Phi) is 13.7. The number of H-pyrrole nitrogens is 1. The number of aromatic nitrogens is 8. The lowest BCUT2D eigenvalue weighted by Crippen LogP contribution is -2.50. The number of hydrogen-bond acceptors (Lipinski definition) is 17. The summed E-state index contributed by atoms with van der Waals surface area (Å²) in [5.74, 6) is -1.23. The van der Waals surface area contributed by atoms with E-state index in [1.54, 1.807) is 48.7 Å². The molecular weight excluding hydrogens is 982 g/mol. The van der Waals surface area contributed by atoms with Crippen molar-refractivity contribution in [1.82, 2.24) is 39.0 Å². The Balaban J connectivity index is 1.12. The van der Waals surface area contributed by atoms with E-state index >= 15 is 4.39 Å². The van der Waals surface area contributed by atoms with Crippen molar-refractivity contribution < 1.29 is 46.1 Å². The summed E-state index contributed by atoms with van der Waals surface area (Å²) in [5, 5.41) is 3.61. The predicted octanol–water partition coefficient (Wildman–Crippen LogP) is 6.23. The lowest BCUT2D eigenvalue weighted by Gasteiger charge is -2.41. The molecule has 350 valence electrons. The van der Waals surface area contributed by atoms with Crippen LogP contribution < -0.4 is 16.2 Å². The molecule has 3 fully saturated rings. The van der Waals surface area contributed by atoms with Crippen LogP contribution in [-0.4, -0.2) is 113 Å². The summed E-state index contributed by atoms with van der Waals surface area (Å²) in [6.45, 7) is 8.72. The Hall–Kier alpha value is -3.07. The average Bonchev–Trinajstić information content (AvgIpc) is 4.00. The van der Waals surface area contributed by atoms with Gasteiger partial charge >= 0.3 is 6.72 Å². The molecule has 0 aliphatic carbocycles. The molecule has 2 bridgehead atoms. The van der Waals surface area contributed by atoms with Crippen molar-refractivity contribution >= 4 is 114 Å². The molecule has 0 radical (unpaired) electrons. The van der Waals surface area contributed by atoms with Crippen molar-refractivity contribution in [2.45, 2.75) is 100 Å². The van der Waals surface area contributed by atoms with E-state index < -0.39 is 92.2 Å². The normalized spacial score (nSPS) is 30.1. The van der Waals surface area contributed by atoms with Gasteiger partial charge in [0.2, 0.25) is 17.5 Å². The fourth-order valence-corrected chi connectivity index (χ4v) is 13.6. The van der Waals surface area contributed by atoms with Gasteiger partial charge in [-0.2, -0.15) is 4.98 Å². The number of nitrogens with one attached hydrogen (secondary N) is 3. The fourth-order valence-electron chi connectivity index (χ4n) is 7.05. The van der Waals surface area contributed by atoms with E-state index in [0.717, 1.165) is 0 Å². The van der Waals surface area contributed by atoms with Gasteiger partial charge in [-0.25, -0.2) is 24.3 Å². The van der Waals surface area contributed by atoms with Gasteiger partial charge < -0.3 is 32.9 Å². The van der Waals surface area contributed by atoms with Crippen molar-refractivity contribution in [2.24, 2.45) is 5.92 Å². The van der Waals surface area contributed by atoms with Gasteiger partial charge in [-0.05, 0) is 53.9 Å². The Morgan fingerprint density at radius 2 is 1.72 bits per heavy atom. The fraction of sp³-hybridized carbons (Fsp3) is 0.514. The molecule has 65 heavy (non-hydrogen) atoms. The summed E-state index contributed by atoms with van der Waals surface area (Å²) < 4.78 is 58.2. The van der Waals surface area contributed by atoms with E-state index in [4.69, 9.17) is 50.9 Å². The van der Waals surface area contributed by atoms with Crippen molar-refractivity contribution in [2.75, 3.05) is 23.8 Å². The van der Waals surface area contributed by atoms with Crippen molar-refractivity contribution in [3.05, 3.63) is 65.2 Å². The van der Waals surface area contributed by atoms with Crippen LogP contribution in [0.4, 0.5) is 16.2 Å². The number of benzene rings is 1. The monoisotopic (exact) mass is 1030 g/mol. The second-order valence-corrected chi connectivity index (χ2v) is 31.5. The first kappa shape index (κ1) is 48.4. The molecule has 10 atom stereocenters. The first-order valence-electron chi connectivity index (χ1n) is 20.3. The molecule has 2 unspecified atom stereocenters. The maximum absolute atomic E-state index is 16.9. The molecule has 3 saturated heterocycles. The highest BCUT2D eigenvalue weighted by Gasteiger charge is 2.55. The van der Waals surface area contributed by atoms with E-state index in [2.05, 4.69) is 86.7 Å². The largest absolute Gasteiger partial charge is 0.410 e. The zero-order valence-electron chi connectivity index (χ0n) is 35.9. The minimum Gasteiger partial charge on any atom is -0.410 e. The third-order valence-corrected chi connectivity index (χ3v) is 21.2. The Bertz CT molecular complexity index is 2780. The van der Waals surface area contributed by atoms with Gasteiger partial charge in [0.25, 0.3) is 11.5 Å². The SMILES string of the molecule is CC(C)C(=O)Nc1nc2c(ncn2[C@@H]2S[C@@H]3COP(=S)(S)O[C@H]4[C@H](F)[C@H](n5cnc6c(NC(=O)c7ccccc7)ncnc65)O[C@@H]4COP(O)(=S)O[C@@H]2[C@@H]3O[Si](C)(C)C(C)(C)C)c(=O)[nH]1. The van der Waals surface area contributed by atoms with Crippen molar-refractivity contribution in [3.8, 4) is 0 Å². The number of rotatable bonds is 8. The minimum absolute atomic E-state index is 0.0214. The number of aromatic amines is 1. The zero-order valence-corrected chi connectivity index (χ0v) is 42.1. The van der Waals surface area contributed by atoms with Gasteiger partial charge in [0, 0.05) is 11.5 Å². The van der Waals surface area contributed by atoms with Crippen LogP contribution in [0.25, 0.3) is 22.3 Å². The molecule has 0 spiro atoms. The lowest BCUT2D eigenvalue weighted by atomic mass is 10.1. The summed E-state index contributed by atoms with van der Waals surface area (Å²) in [7, 11) is -2.65. The summed E-state index contributed by atoms with van der Waals surface area (Å²) in [6, 6.07) is 8.50. The number of amides is 2. The number of ether oxygens (including phenoxy) is 1. The number of imidazole rings is 2. The maximum Gasteiger partial charge on any atom is 0.325 e. The second kappa shape index (κ2) is 18.4. The first-order chi connectivity index (χ1) is 30.5. The first-order valence-corrected chi connectivity index (χ1v) is 30.5. The van der Waals surface area contributed by atoms with Gasteiger partial charge in [-0.15, -0.1) is 11.8 Å². The van der Waals surface area contributed by atoms with Gasteiger partial charge in [0.05, 0.1) is 37.2 Å². The second-order valence-electron chi connectivity index (χ2n) is 17.3. The summed E-state index contributed by atoms with van der Waals surface area (Å²) in [6.07, 6.45) is -4.16. The molecule has 5 aromatic rings. The number of fused-ring (bicyclic) bond motifs is 5. The highest BCUT2D eigenvalue weighted by atomic mass is 32.9. The van der Waals surface area contributed by atoms with Crippen molar-refractivity contribution in [3.63, 3.8) is 0 Å². The molecule has 8 rings (SSSR count). The number of nitrogens with zero attached hydrogens (tertiary/aromatic N) is 7. The lowest BCUT2D eigenvalue weighted by molar-refractivity contribution is -0.118. The average molecular weight is 1030 g/mol. The molecule has 4 aromatic heterocycles. The molecule has 7 heterocycles. The van der Waals surface area contributed by atoms with E-state index in [1.807, 2.05) is 0 Å². The third kappa shape index (κ3) is 10.1. The molecule has 2 amide bonds. The van der Waals surface area contributed by atoms with Gasteiger partial charge in [0.15, 0.2) is 48.9 Å². The van der Waals surface area contributed by atoms with Gasteiger partial charge in [-0.3, -0.25) is 38.3 Å². The maximum atomic E-state index is 16.9. The molecule has 3 aliphatic heterocycles.